The molecule has 0 aromatic heterocycles. The van der Waals surface area contributed by atoms with E-state index in [-0.39, 0.29) is 12.0 Å². The van der Waals surface area contributed by atoms with Crippen molar-refractivity contribution in [2.45, 2.75) is 39.2 Å². The summed E-state index contributed by atoms with van der Waals surface area (Å²) in [7, 11) is 1.82. The van der Waals surface area contributed by atoms with Crippen molar-refractivity contribution in [3.05, 3.63) is 29.3 Å². The number of amides is 1. The minimum atomic E-state index is -0.161. The number of benzene rings is 1. The van der Waals surface area contributed by atoms with E-state index >= 15 is 0 Å². The van der Waals surface area contributed by atoms with Gasteiger partial charge in [0.2, 0.25) is 5.91 Å². The molecule has 4 heteroatoms. The average Bonchev–Trinajstić information content (AvgIpc) is 2.40. The van der Waals surface area contributed by atoms with Gasteiger partial charge in [-0.3, -0.25) is 4.79 Å². The molecule has 0 aliphatic heterocycles. The number of nitrogens with zero attached hydrogens (tertiary/aromatic N) is 1. The van der Waals surface area contributed by atoms with Crippen molar-refractivity contribution in [3.8, 4) is 5.75 Å². The van der Waals surface area contributed by atoms with E-state index in [9.17, 15) is 9.90 Å². The lowest BCUT2D eigenvalue weighted by atomic mass is 9.82. The van der Waals surface area contributed by atoms with Crippen LogP contribution in [0.4, 0.5) is 0 Å². The summed E-state index contributed by atoms with van der Waals surface area (Å²) in [6, 6.07) is 5.96. The first-order chi connectivity index (χ1) is 9.95. The normalized spacial score (nSPS) is 20.8. The second-order valence-corrected chi connectivity index (χ2v) is 6.11. The van der Waals surface area contributed by atoms with Crippen LogP contribution in [0.3, 0.4) is 0 Å². The molecule has 1 aliphatic carbocycles. The topological polar surface area (TPSA) is 49.8 Å². The first-order valence-corrected chi connectivity index (χ1v) is 7.57. The van der Waals surface area contributed by atoms with Crippen LogP contribution in [0, 0.1) is 19.8 Å². The quantitative estimate of drug-likeness (QED) is 0.875. The minimum Gasteiger partial charge on any atom is -0.493 e. The molecule has 1 fully saturated rings. The highest BCUT2D eigenvalue weighted by atomic mass is 16.5. The summed E-state index contributed by atoms with van der Waals surface area (Å²) in [5, 5.41) is 9.26. The van der Waals surface area contributed by atoms with Gasteiger partial charge in [0.15, 0.2) is 0 Å². The van der Waals surface area contributed by atoms with E-state index in [4.69, 9.17) is 4.74 Å². The zero-order chi connectivity index (χ0) is 15.4. The fourth-order valence-corrected chi connectivity index (χ4v) is 2.59. The zero-order valence-electron chi connectivity index (χ0n) is 13.1. The molecule has 116 valence electrons. The van der Waals surface area contributed by atoms with Crippen LogP contribution in [0.25, 0.3) is 0 Å². The Morgan fingerprint density at radius 3 is 2.67 bits per heavy atom. The van der Waals surface area contributed by atoms with Crippen LogP contribution in [0.5, 0.6) is 5.75 Å². The molecule has 0 spiro atoms. The lowest BCUT2D eigenvalue weighted by molar-refractivity contribution is -0.132. The molecule has 0 saturated heterocycles. The molecule has 4 nitrogen and oxygen atoms in total. The number of rotatable bonds is 6. The van der Waals surface area contributed by atoms with Crippen molar-refractivity contribution in [1.82, 2.24) is 4.90 Å². The summed E-state index contributed by atoms with van der Waals surface area (Å²) in [5.74, 6) is 1.37. The van der Waals surface area contributed by atoms with Gasteiger partial charge in [0.25, 0.3) is 0 Å². The molecule has 1 aromatic rings. The monoisotopic (exact) mass is 291 g/mol. The minimum absolute atomic E-state index is 0.0974. The molecule has 2 rings (SSSR count). The van der Waals surface area contributed by atoms with Crippen molar-refractivity contribution in [2.75, 3.05) is 20.2 Å². The van der Waals surface area contributed by atoms with Gasteiger partial charge in [-0.2, -0.15) is 0 Å². The lowest BCUT2D eigenvalue weighted by Crippen LogP contribution is -2.39. The Morgan fingerprint density at radius 1 is 1.33 bits per heavy atom. The third-order valence-corrected chi connectivity index (χ3v) is 4.23. The largest absolute Gasteiger partial charge is 0.493 e. The van der Waals surface area contributed by atoms with Gasteiger partial charge in [0.1, 0.15) is 5.75 Å². The molecule has 1 aromatic carbocycles. The highest BCUT2D eigenvalue weighted by Crippen LogP contribution is 2.27. The summed E-state index contributed by atoms with van der Waals surface area (Å²) < 4.78 is 5.64. The maximum atomic E-state index is 12.0. The van der Waals surface area contributed by atoms with Crippen LogP contribution in [0.2, 0.25) is 0 Å². The van der Waals surface area contributed by atoms with Gasteiger partial charge in [-0.25, -0.2) is 0 Å². The number of hydrogen-bond acceptors (Lipinski definition) is 3. The number of ether oxygens (including phenoxy) is 1. The smallest absolute Gasteiger partial charge is 0.225 e. The van der Waals surface area contributed by atoms with E-state index in [1.165, 1.54) is 11.1 Å². The van der Waals surface area contributed by atoms with E-state index in [1.807, 2.05) is 32.2 Å². The predicted octanol–water partition coefficient (Wildman–Crippen LogP) is 2.30. The number of aliphatic hydroxyl groups excluding tert-OH is 1. The highest BCUT2D eigenvalue weighted by molar-refractivity contribution is 5.76. The number of carbonyl (C=O) groups is 1. The Bertz CT molecular complexity index is 495. The third-order valence-electron chi connectivity index (χ3n) is 4.23. The van der Waals surface area contributed by atoms with Gasteiger partial charge < -0.3 is 14.7 Å². The number of aliphatic hydroxyl groups is 1. The van der Waals surface area contributed by atoms with E-state index in [2.05, 4.69) is 6.92 Å². The number of carbonyl (C=O) groups excluding carboxylic acids is 1. The van der Waals surface area contributed by atoms with Gasteiger partial charge in [0.05, 0.1) is 19.1 Å². The molecule has 0 heterocycles. The molecule has 0 radical (unpaired) electrons. The second-order valence-electron chi connectivity index (χ2n) is 6.11. The fourth-order valence-electron chi connectivity index (χ4n) is 2.59. The van der Waals surface area contributed by atoms with Crippen LogP contribution in [-0.2, 0) is 4.79 Å². The molecule has 0 bridgehead atoms. The SMILES string of the molecule is Cc1ccc(OCCC(=O)N(C)CC2CC(O)C2)cc1C. The van der Waals surface area contributed by atoms with E-state index in [0.717, 1.165) is 25.1 Å². The average molecular weight is 291 g/mol. The number of aryl methyl sites for hydroxylation is 2. The molecular weight excluding hydrogens is 266 g/mol. The van der Waals surface area contributed by atoms with Crippen LogP contribution in [-0.4, -0.2) is 42.2 Å². The summed E-state index contributed by atoms with van der Waals surface area (Å²) in [6.45, 7) is 5.25. The molecule has 1 saturated carbocycles. The maximum absolute atomic E-state index is 12.0. The fraction of sp³-hybridized carbons (Fsp3) is 0.588. The van der Waals surface area contributed by atoms with Crippen molar-refractivity contribution < 1.29 is 14.6 Å². The van der Waals surface area contributed by atoms with Crippen molar-refractivity contribution in [3.63, 3.8) is 0 Å². The first-order valence-electron chi connectivity index (χ1n) is 7.57. The Labute approximate surface area is 126 Å². The van der Waals surface area contributed by atoms with Crippen LogP contribution in [0.1, 0.15) is 30.4 Å². The lowest BCUT2D eigenvalue weighted by Gasteiger charge is -2.34. The van der Waals surface area contributed by atoms with E-state index in [0.29, 0.717) is 18.9 Å². The molecule has 1 N–H and O–H groups in total. The maximum Gasteiger partial charge on any atom is 0.225 e. The van der Waals surface area contributed by atoms with Gasteiger partial charge in [-0.1, -0.05) is 6.07 Å². The van der Waals surface area contributed by atoms with E-state index < -0.39 is 0 Å². The molecular formula is C17H25NO3. The summed E-state index contributed by atoms with van der Waals surface area (Å²) in [5.41, 5.74) is 2.43. The van der Waals surface area contributed by atoms with Gasteiger partial charge in [0, 0.05) is 13.6 Å². The number of hydrogen-bond donors (Lipinski definition) is 1. The zero-order valence-corrected chi connectivity index (χ0v) is 13.1. The molecule has 21 heavy (non-hydrogen) atoms. The summed E-state index contributed by atoms with van der Waals surface area (Å²) in [4.78, 5) is 13.7. The van der Waals surface area contributed by atoms with E-state index in [1.54, 1.807) is 4.90 Å². The second kappa shape index (κ2) is 6.94. The standard InChI is InChI=1S/C17H25NO3/c1-12-4-5-16(8-13(12)2)21-7-6-17(20)18(3)11-14-9-15(19)10-14/h4-5,8,14-15,19H,6-7,9-11H2,1-3H3. The van der Waals surface area contributed by atoms with Gasteiger partial charge in [-0.15, -0.1) is 0 Å². The van der Waals surface area contributed by atoms with Gasteiger partial charge in [-0.05, 0) is 55.9 Å². The Hall–Kier alpha value is -1.55. The van der Waals surface area contributed by atoms with Crippen LogP contribution in [0.15, 0.2) is 18.2 Å². The van der Waals surface area contributed by atoms with Gasteiger partial charge >= 0.3 is 0 Å². The first kappa shape index (κ1) is 15.8. The van der Waals surface area contributed by atoms with Crippen molar-refractivity contribution in [2.24, 2.45) is 5.92 Å². The molecule has 1 amide bonds. The Kier molecular flexibility index (Phi) is 5.23. The summed E-state index contributed by atoms with van der Waals surface area (Å²) in [6.07, 6.45) is 1.86. The predicted molar refractivity (Wildman–Crippen MR) is 82.4 cm³/mol. The Morgan fingerprint density at radius 2 is 2.05 bits per heavy atom. The van der Waals surface area contributed by atoms with Crippen molar-refractivity contribution in [1.29, 1.82) is 0 Å². The van der Waals surface area contributed by atoms with Crippen molar-refractivity contribution >= 4 is 5.91 Å². The van der Waals surface area contributed by atoms with Crippen LogP contribution < -0.4 is 4.74 Å². The molecule has 1 aliphatic rings. The third kappa shape index (κ3) is 4.46. The Balaban J connectivity index is 1.69. The molecule has 0 atom stereocenters. The van der Waals surface area contributed by atoms with Crippen LogP contribution >= 0.6 is 0 Å². The molecule has 0 unspecified atom stereocenters. The summed E-state index contributed by atoms with van der Waals surface area (Å²) >= 11 is 0. The highest BCUT2D eigenvalue weighted by Gasteiger charge is 2.28.